The molecule has 4 N–H and O–H groups in total. The van der Waals surface area contributed by atoms with Gasteiger partial charge in [0, 0.05) is 6.42 Å². The monoisotopic (exact) mass is 570 g/mol. The van der Waals surface area contributed by atoms with E-state index in [4.69, 9.17) is 9.47 Å². The van der Waals surface area contributed by atoms with Crippen molar-refractivity contribution >= 4 is 30.0 Å². The molecule has 0 aromatic heterocycles. The zero-order chi connectivity index (χ0) is 30.2. The van der Waals surface area contributed by atoms with Crippen LogP contribution in [0.4, 0.5) is 9.59 Å². The number of rotatable bonds is 14. The summed E-state index contributed by atoms with van der Waals surface area (Å²) in [6, 6.07) is 14.7. The minimum Gasteiger partial charge on any atom is -0.467 e. The van der Waals surface area contributed by atoms with Gasteiger partial charge in [-0.2, -0.15) is 0 Å². The summed E-state index contributed by atoms with van der Waals surface area (Å²) in [5, 5.41) is 10.2. The number of methoxy groups -OCH3 is 2. The summed E-state index contributed by atoms with van der Waals surface area (Å²) in [7, 11) is 2.30. The number of esters is 1. The molecule has 4 amide bonds. The fourth-order valence-electron chi connectivity index (χ4n) is 3.81. The Balaban J connectivity index is 2.18. The molecule has 0 saturated carbocycles. The fourth-order valence-corrected chi connectivity index (χ4v) is 3.81. The third-order valence-electron chi connectivity index (χ3n) is 5.88. The molecule has 0 aliphatic rings. The van der Waals surface area contributed by atoms with Gasteiger partial charge in [-0.1, -0.05) is 74.5 Å². The molecule has 0 spiro atoms. The van der Waals surface area contributed by atoms with Gasteiger partial charge in [-0.15, -0.1) is 0 Å². The molecule has 2 rings (SSSR count). The molecule has 0 fully saturated rings. The standard InChI is InChI=1S/C29H38N4O8/c1-19(2)15-22(33-29(38)41-18-21-13-9-6-10-14-21)25(34)31-23(16-20-11-7-5-8-12-20)26(35)32-24(27(36)39-3)17-30-28(37)40-4/h5-14,19,22-24H,15-18H2,1-4H3,(H,30,37)(H,31,34)(H,32,35)(H,33,38)/t22-,23-,24-/m0/s1. The van der Waals surface area contributed by atoms with Crippen LogP contribution in [-0.2, 0) is 41.6 Å². The van der Waals surface area contributed by atoms with Crippen LogP contribution in [0.5, 0.6) is 0 Å². The number of nitrogens with one attached hydrogen (secondary N) is 4. The van der Waals surface area contributed by atoms with Crippen molar-refractivity contribution in [3.8, 4) is 0 Å². The van der Waals surface area contributed by atoms with Crippen LogP contribution in [0.2, 0.25) is 0 Å². The van der Waals surface area contributed by atoms with E-state index in [2.05, 4.69) is 26.0 Å². The smallest absolute Gasteiger partial charge is 0.408 e. The van der Waals surface area contributed by atoms with Crippen LogP contribution in [0.15, 0.2) is 60.7 Å². The molecule has 41 heavy (non-hydrogen) atoms. The molecule has 0 heterocycles. The van der Waals surface area contributed by atoms with Gasteiger partial charge >= 0.3 is 18.2 Å². The fraction of sp³-hybridized carbons (Fsp3) is 0.414. The first-order chi connectivity index (χ1) is 19.6. The molecule has 0 aliphatic heterocycles. The normalized spacial score (nSPS) is 12.7. The second-order valence-electron chi connectivity index (χ2n) is 9.60. The summed E-state index contributed by atoms with van der Waals surface area (Å²) in [5.74, 6) is -2.08. The molecule has 3 atom stereocenters. The summed E-state index contributed by atoms with van der Waals surface area (Å²) in [4.78, 5) is 63.1. The minimum absolute atomic E-state index is 0.0228. The summed E-state index contributed by atoms with van der Waals surface area (Å²) < 4.78 is 14.5. The molecule has 12 nitrogen and oxygen atoms in total. The van der Waals surface area contributed by atoms with Crippen molar-refractivity contribution in [2.75, 3.05) is 20.8 Å². The van der Waals surface area contributed by atoms with E-state index in [1.807, 2.05) is 38.1 Å². The molecule has 2 aromatic rings. The zero-order valence-corrected chi connectivity index (χ0v) is 23.7. The van der Waals surface area contributed by atoms with Gasteiger partial charge in [0.2, 0.25) is 11.8 Å². The Morgan fingerprint density at radius 3 is 1.80 bits per heavy atom. The van der Waals surface area contributed by atoms with Crippen LogP contribution in [0.1, 0.15) is 31.4 Å². The average Bonchev–Trinajstić information content (AvgIpc) is 2.97. The van der Waals surface area contributed by atoms with Crippen LogP contribution in [0, 0.1) is 5.92 Å². The zero-order valence-electron chi connectivity index (χ0n) is 23.7. The van der Waals surface area contributed by atoms with E-state index < -0.39 is 48.1 Å². The molecule has 2 aromatic carbocycles. The first kappa shape index (κ1) is 32.6. The molecular formula is C29H38N4O8. The Morgan fingerprint density at radius 2 is 1.24 bits per heavy atom. The maximum absolute atomic E-state index is 13.4. The van der Waals surface area contributed by atoms with Crippen LogP contribution < -0.4 is 21.3 Å². The molecule has 0 bridgehead atoms. The first-order valence-corrected chi connectivity index (χ1v) is 13.1. The number of carbonyl (C=O) groups excluding carboxylic acids is 5. The second kappa shape index (κ2) is 17.2. The lowest BCUT2D eigenvalue weighted by molar-refractivity contribution is -0.145. The summed E-state index contributed by atoms with van der Waals surface area (Å²) in [6.07, 6.45) is -1.22. The quantitative estimate of drug-likeness (QED) is 0.198. The van der Waals surface area contributed by atoms with E-state index in [-0.39, 0.29) is 31.9 Å². The van der Waals surface area contributed by atoms with Crippen LogP contribution in [0.25, 0.3) is 0 Å². The van der Waals surface area contributed by atoms with Crippen molar-refractivity contribution in [3.05, 3.63) is 71.8 Å². The lowest BCUT2D eigenvalue weighted by atomic mass is 10.0. The van der Waals surface area contributed by atoms with E-state index in [1.165, 1.54) is 0 Å². The van der Waals surface area contributed by atoms with Gasteiger partial charge in [0.25, 0.3) is 0 Å². The maximum Gasteiger partial charge on any atom is 0.408 e. The molecule has 0 saturated heterocycles. The minimum atomic E-state index is -1.25. The highest BCUT2D eigenvalue weighted by Crippen LogP contribution is 2.09. The number of amides is 4. The highest BCUT2D eigenvalue weighted by atomic mass is 16.5. The maximum atomic E-state index is 13.4. The topological polar surface area (TPSA) is 161 Å². The molecule has 0 unspecified atom stereocenters. The van der Waals surface area contributed by atoms with E-state index in [1.54, 1.807) is 36.4 Å². The Labute approximate surface area is 239 Å². The van der Waals surface area contributed by atoms with Gasteiger partial charge in [0.05, 0.1) is 20.8 Å². The molecule has 0 radical (unpaired) electrons. The Hall–Kier alpha value is -4.61. The Kier molecular flexibility index (Phi) is 13.6. The Morgan fingerprint density at radius 1 is 0.683 bits per heavy atom. The highest BCUT2D eigenvalue weighted by molar-refractivity contribution is 5.93. The van der Waals surface area contributed by atoms with E-state index in [0.29, 0.717) is 0 Å². The summed E-state index contributed by atoms with van der Waals surface area (Å²) in [6.45, 7) is 3.50. The van der Waals surface area contributed by atoms with Gasteiger partial charge in [-0.3, -0.25) is 9.59 Å². The highest BCUT2D eigenvalue weighted by Gasteiger charge is 2.31. The van der Waals surface area contributed by atoms with Gasteiger partial charge in [0.15, 0.2) is 0 Å². The van der Waals surface area contributed by atoms with Crippen molar-refractivity contribution in [1.29, 1.82) is 0 Å². The number of ether oxygens (including phenoxy) is 3. The third-order valence-corrected chi connectivity index (χ3v) is 5.88. The summed E-state index contributed by atoms with van der Waals surface area (Å²) >= 11 is 0. The van der Waals surface area contributed by atoms with Gasteiger partial charge in [0.1, 0.15) is 24.7 Å². The molecule has 222 valence electrons. The van der Waals surface area contributed by atoms with Crippen molar-refractivity contribution in [1.82, 2.24) is 21.3 Å². The number of benzene rings is 2. The van der Waals surface area contributed by atoms with E-state index in [0.717, 1.165) is 25.3 Å². The van der Waals surface area contributed by atoms with Crippen LogP contribution in [-0.4, -0.2) is 68.9 Å². The number of hydrogen-bond donors (Lipinski definition) is 4. The van der Waals surface area contributed by atoms with Crippen molar-refractivity contribution < 1.29 is 38.2 Å². The predicted molar refractivity (Wildman–Crippen MR) is 149 cm³/mol. The van der Waals surface area contributed by atoms with Gasteiger partial charge in [-0.25, -0.2) is 14.4 Å². The third kappa shape index (κ3) is 12.0. The van der Waals surface area contributed by atoms with Crippen LogP contribution in [0.3, 0.4) is 0 Å². The number of alkyl carbamates (subject to hydrolysis) is 2. The molecule has 12 heteroatoms. The lowest BCUT2D eigenvalue weighted by Crippen LogP contribution is -2.58. The largest absolute Gasteiger partial charge is 0.467 e. The first-order valence-electron chi connectivity index (χ1n) is 13.1. The van der Waals surface area contributed by atoms with Gasteiger partial charge in [-0.05, 0) is 23.5 Å². The molecule has 0 aliphatic carbocycles. The summed E-state index contributed by atoms with van der Waals surface area (Å²) in [5.41, 5.74) is 1.53. The van der Waals surface area contributed by atoms with Gasteiger partial charge < -0.3 is 35.5 Å². The number of carbonyl (C=O) groups is 5. The van der Waals surface area contributed by atoms with Crippen LogP contribution >= 0.6 is 0 Å². The SMILES string of the molecule is COC(=O)NC[C@H](NC(=O)[C@H](Cc1ccccc1)NC(=O)[C@H](CC(C)C)NC(=O)OCc1ccccc1)C(=O)OC. The average molecular weight is 571 g/mol. The van der Waals surface area contributed by atoms with Crippen molar-refractivity contribution in [3.63, 3.8) is 0 Å². The van der Waals surface area contributed by atoms with Crippen molar-refractivity contribution in [2.24, 2.45) is 5.92 Å². The lowest BCUT2D eigenvalue weighted by Gasteiger charge is -2.25. The number of hydrogen-bond acceptors (Lipinski definition) is 8. The molecular weight excluding hydrogens is 532 g/mol. The second-order valence-corrected chi connectivity index (χ2v) is 9.60. The Bertz CT molecular complexity index is 1140. The van der Waals surface area contributed by atoms with E-state index in [9.17, 15) is 24.0 Å². The van der Waals surface area contributed by atoms with Crippen molar-refractivity contribution in [2.45, 2.75) is 51.4 Å². The van der Waals surface area contributed by atoms with E-state index >= 15 is 0 Å². The predicted octanol–water partition coefficient (Wildman–Crippen LogP) is 2.07.